The van der Waals surface area contributed by atoms with Crippen LogP contribution in [0.4, 0.5) is 0 Å². The summed E-state index contributed by atoms with van der Waals surface area (Å²) in [5.74, 6) is 0. The average Bonchev–Trinajstić information content (AvgIpc) is 0.811. The fourth-order valence-corrected chi connectivity index (χ4v) is 0. The first-order valence-corrected chi connectivity index (χ1v) is 6.13. The van der Waals surface area contributed by atoms with Gasteiger partial charge in [-0.3, -0.25) is 0 Å². The van der Waals surface area contributed by atoms with Crippen molar-refractivity contribution in [2.75, 3.05) is 0 Å². The molecule has 0 aromatic heterocycles. The van der Waals surface area contributed by atoms with Crippen LogP contribution in [0.2, 0.25) is 0 Å². The third kappa shape index (κ3) is 10.9. The van der Waals surface area contributed by atoms with E-state index < -0.39 is 15.3 Å². The van der Waals surface area contributed by atoms with E-state index in [1.54, 1.807) is 0 Å². The van der Waals surface area contributed by atoms with Gasteiger partial charge in [-0.25, -0.2) is 0 Å². The Morgan fingerprint density at radius 3 is 1.50 bits per heavy atom. The molecule has 0 radical (unpaired) electrons. The Morgan fingerprint density at radius 2 is 1.50 bits per heavy atom. The van der Waals surface area contributed by atoms with E-state index in [1.807, 2.05) is 0 Å². The van der Waals surface area contributed by atoms with Crippen LogP contribution in [0.25, 0.3) is 0 Å². The molecule has 0 aliphatic rings. The second kappa shape index (κ2) is 2.40. The summed E-state index contributed by atoms with van der Waals surface area (Å²) in [6.07, 6.45) is 0. The Morgan fingerprint density at radius 1 is 1.50 bits per heavy atom. The molecule has 0 N–H and O–H groups in total. The summed E-state index contributed by atoms with van der Waals surface area (Å²) in [6, 6.07) is 0. The van der Waals surface area contributed by atoms with Crippen molar-refractivity contribution >= 4 is 23.4 Å². The van der Waals surface area contributed by atoms with Crippen molar-refractivity contribution in [1.82, 2.24) is 0 Å². The molecule has 0 aliphatic heterocycles. The molecule has 0 aromatic rings. The van der Waals surface area contributed by atoms with Crippen LogP contribution in [0.5, 0.6) is 0 Å². The zero-order valence-electron chi connectivity index (χ0n) is 1.96. The minimum atomic E-state index is -1.64. The molecule has 0 rings (SSSR count). The zero-order chi connectivity index (χ0) is 3.58. The van der Waals surface area contributed by atoms with E-state index in [9.17, 15) is 0 Å². The number of rotatable bonds is 0. The van der Waals surface area contributed by atoms with Gasteiger partial charge in [0.1, 0.15) is 0 Å². The van der Waals surface area contributed by atoms with Gasteiger partial charge >= 0.3 is 38.7 Å². The van der Waals surface area contributed by atoms with Crippen molar-refractivity contribution in [2.24, 2.45) is 0 Å². The summed E-state index contributed by atoms with van der Waals surface area (Å²) in [5.41, 5.74) is 0. The molecule has 0 saturated heterocycles. The summed E-state index contributed by atoms with van der Waals surface area (Å²) in [7, 11) is 10.2. The van der Waals surface area contributed by atoms with Crippen molar-refractivity contribution in [2.45, 2.75) is 0 Å². The Bertz CT molecular complexity index is 29.0. The van der Waals surface area contributed by atoms with E-state index in [0.29, 0.717) is 0 Å². The molecule has 0 amide bonds. The van der Waals surface area contributed by atoms with Crippen LogP contribution in [0, 0.1) is 0 Å². The SMILES string of the molecule is [CH2]=[Ti]([Cl])[Cl]. The normalized spacial score (nSPS) is 6.50. The van der Waals surface area contributed by atoms with E-state index in [0.717, 1.165) is 0 Å². The van der Waals surface area contributed by atoms with Crippen molar-refractivity contribution in [3.8, 4) is 0 Å². The minimum absolute atomic E-state index is 1.64. The zero-order valence-corrected chi connectivity index (χ0v) is 5.04. The van der Waals surface area contributed by atoms with Crippen LogP contribution < -0.4 is 0 Å². The van der Waals surface area contributed by atoms with E-state index in [4.69, 9.17) is 18.6 Å². The summed E-state index contributed by atoms with van der Waals surface area (Å²) >= 11 is -1.64. The van der Waals surface area contributed by atoms with Crippen LogP contribution in [0.3, 0.4) is 0 Å². The molecular weight excluding hydrogens is 131 g/mol. The fraction of sp³-hybridized carbons (Fsp3) is 0. The third-order valence-electron chi connectivity index (χ3n) is 0. The molecule has 0 heterocycles. The van der Waals surface area contributed by atoms with Gasteiger partial charge in [0.2, 0.25) is 0 Å². The molecule has 0 fully saturated rings. The molecule has 0 aliphatic carbocycles. The van der Waals surface area contributed by atoms with E-state index in [2.05, 4.69) is 4.82 Å². The Kier molecular flexibility index (Phi) is 3.10. The van der Waals surface area contributed by atoms with E-state index in [1.165, 1.54) is 0 Å². The van der Waals surface area contributed by atoms with Crippen molar-refractivity contribution in [3.63, 3.8) is 0 Å². The second-order valence-corrected chi connectivity index (χ2v) is 5.96. The molecule has 0 bridgehead atoms. The van der Waals surface area contributed by atoms with Gasteiger partial charge in [-0.1, -0.05) is 0 Å². The first kappa shape index (κ1) is 5.16. The summed E-state index contributed by atoms with van der Waals surface area (Å²) in [4.78, 5) is 3.34. The molecular formula is CH2Cl2Ti. The second-order valence-electron chi connectivity index (χ2n) is 0.339. The number of hydrogen-bond donors (Lipinski definition) is 0. The summed E-state index contributed by atoms with van der Waals surface area (Å²) in [6.45, 7) is 0. The van der Waals surface area contributed by atoms with Gasteiger partial charge in [0.15, 0.2) is 0 Å². The van der Waals surface area contributed by atoms with Gasteiger partial charge < -0.3 is 0 Å². The quantitative estimate of drug-likeness (QED) is 0.437. The predicted molar refractivity (Wildman–Crippen MR) is 18.8 cm³/mol. The Hall–Kier alpha value is 1.16. The molecule has 0 aromatic carbocycles. The molecule has 0 unspecified atom stereocenters. The third-order valence-corrected chi connectivity index (χ3v) is 0. The fourth-order valence-electron chi connectivity index (χ4n) is 0. The van der Waals surface area contributed by atoms with Gasteiger partial charge in [0.25, 0.3) is 0 Å². The standard InChI is InChI=1S/CH2.2ClH.Ti/h1H2;2*1H;/q;;;+2/p-2. The van der Waals surface area contributed by atoms with Gasteiger partial charge in [-0.15, -0.1) is 0 Å². The van der Waals surface area contributed by atoms with Crippen molar-refractivity contribution < 1.29 is 15.3 Å². The van der Waals surface area contributed by atoms with Crippen LogP contribution >= 0.6 is 18.6 Å². The maximum atomic E-state index is 5.10. The van der Waals surface area contributed by atoms with Crippen LogP contribution in [-0.4, -0.2) is 4.82 Å². The van der Waals surface area contributed by atoms with Gasteiger partial charge in [-0.2, -0.15) is 0 Å². The summed E-state index contributed by atoms with van der Waals surface area (Å²) < 4.78 is 0. The summed E-state index contributed by atoms with van der Waals surface area (Å²) in [5, 5.41) is 0. The molecule has 3 heteroatoms. The monoisotopic (exact) mass is 132 g/mol. The topological polar surface area (TPSA) is 0 Å². The molecule has 0 saturated carbocycles. The molecule has 0 spiro atoms. The van der Waals surface area contributed by atoms with Crippen molar-refractivity contribution in [1.29, 1.82) is 0 Å². The number of hydrogen-bond acceptors (Lipinski definition) is 0. The Labute approximate surface area is 38.8 Å². The van der Waals surface area contributed by atoms with Gasteiger partial charge in [-0.05, 0) is 0 Å². The number of halogens is 2. The average molecular weight is 133 g/mol. The van der Waals surface area contributed by atoms with Crippen LogP contribution in [0.15, 0.2) is 0 Å². The predicted octanol–water partition coefficient (Wildman–Crippen LogP) is 1.34. The first-order valence-electron chi connectivity index (χ1n) is 0.732. The van der Waals surface area contributed by atoms with E-state index >= 15 is 0 Å². The molecule has 0 atom stereocenters. The molecule has 0 nitrogen and oxygen atoms in total. The Balaban J connectivity index is 2.80. The van der Waals surface area contributed by atoms with Crippen molar-refractivity contribution in [3.05, 3.63) is 0 Å². The van der Waals surface area contributed by atoms with Crippen LogP contribution in [-0.2, 0) is 15.3 Å². The van der Waals surface area contributed by atoms with Gasteiger partial charge in [0.05, 0.1) is 0 Å². The van der Waals surface area contributed by atoms with Gasteiger partial charge in [0, 0.05) is 0 Å². The van der Waals surface area contributed by atoms with Crippen LogP contribution in [0.1, 0.15) is 0 Å². The first-order chi connectivity index (χ1) is 1.73. The van der Waals surface area contributed by atoms with E-state index in [-0.39, 0.29) is 0 Å². The maximum absolute atomic E-state index is 5.10. The molecule has 4 heavy (non-hydrogen) atoms. The molecule has 24 valence electrons.